The summed E-state index contributed by atoms with van der Waals surface area (Å²) in [5.41, 5.74) is 2.45. The first kappa shape index (κ1) is 15.9. The molecule has 2 aromatic rings. The number of rotatable bonds is 5. The predicted molar refractivity (Wildman–Crippen MR) is 93.6 cm³/mol. The van der Waals surface area contributed by atoms with Crippen LogP contribution in [0.3, 0.4) is 0 Å². The lowest BCUT2D eigenvalue weighted by atomic mass is 10.2. The van der Waals surface area contributed by atoms with E-state index in [4.69, 9.17) is 4.74 Å². The summed E-state index contributed by atoms with van der Waals surface area (Å²) in [4.78, 5) is 12.3. The van der Waals surface area contributed by atoms with Crippen molar-refractivity contribution in [1.82, 2.24) is 0 Å². The van der Waals surface area contributed by atoms with E-state index in [1.807, 2.05) is 60.7 Å². The molecule has 3 nitrogen and oxygen atoms in total. The van der Waals surface area contributed by atoms with Crippen LogP contribution in [0.5, 0.6) is 0 Å². The van der Waals surface area contributed by atoms with Crippen LogP contribution in [0.2, 0.25) is 0 Å². The Bertz CT molecular complexity index is 679. The van der Waals surface area contributed by atoms with Gasteiger partial charge in [-0.2, -0.15) is 0 Å². The topological polar surface area (TPSA) is 38.3 Å². The van der Waals surface area contributed by atoms with Crippen molar-refractivity contribution in [2.24, 2.45) is 0 Å². The van der Waals surface area contributed by atoms with Gasteiger partial charge in [-0.25, -0.2) is 4.79 Å². The minimum Gasteiger partial charge on any atom is -0.466 e. The molecule has 2 aromatic carbocycles. The van der Waals surface area contributed by atoms with Crippen LogP contribution in [0, 0.1) is 0 Å². The molecular weight excluding hydrogens is 294 g/mol. The molecule has 1 N–H and O–H groups in total. The van der Waals surface area contributed by atoms with Gasteiger partial charge < -0.3 is 10.1 Å². The second-order valence-corrected chi connectivity index (χ2v) is 4.99. The number of carbonyl (C=O) groups excluding carboxylic acids is 1. The van der Waals surface area contributed by atoms with Crippen molar-refractivity contribution >= 4 is 29.2 Å². The van der Waals surface area contributed by atoms with Gasteiger partial charge in [0.15, 0.2) is 0 Å². The molecule has 0 aliphatic rings. The van der Waals surface area contributed by atoms with E-state index in [1.54, 1.807) is 6.08 Å². The molecule has 0 amide bonds. The van der Waals surface area contributed by atoms with Crippen LogP contribution in [0.25, 0.3) is 4.91 Å². The van der Waals surface area contributed by atoms with Crippen LogP contribution < -0.4 is 5.32 Å². The van der Waals surface area contributed by atoms with Gasteiger partial charge in [0.05, 0.1) is 7.11 Å². The van der Waals surface area contributed by atoms with Crippen LogP contribution >= 0.6 is 12.6 Å². The number of hydrogen-bond donors (Lipinski definition) is 2. The minimum absolute atomic E-state index is 0.427. The number of thiol groups is 1. The van der Waals surface area contributed by atoms with Gasteiger partial charge in [-0.05, 0) is 23.8 Å². The minimum atomic E-state index is -0.427. The van der Waals surface area contributed by atoms with Crippen LogP contribution in [0.15, 0.2) is 78.5 Å². The normalized spacial score (nSPS) is 11.9. The van der Waals surface area contributed by atoms with Crippen LogP contribution in [-0.4, -0.2) is 13.1 Å². The number of ether oxygens (including phenoxy) is 1. The van der Waals surface area contributed by atoms with Gasteiger partial charge in [0.2, 0.25) is 0 Å². The third-order valence-corrected chi connectivity index (χ3v) is 3.29. The third-order valence-electron chi connectivity index (χ3n) is 2.90. The number of nitrogens with one attached hydrogen (secondary N) is 1. The number of hydrogen-bond acceptors (Lipinski definition) is 4. The molecule has 0 saturated carbocycles. The molecule has 0 bridgehead atoms. The molecule has 22 heavy (non-hydrogen) atoms. The maximum absolute atomic E-state index is 11.5. The monoisotopic (exact) mass is 311 g/mol. The van der Waals surface area contributed by atoms with Gasteiger partial charge in [0.1, 0.15) is 0 Å². The molecule has 0 aliphatic heterocycles. The van der Waals surface area contributed by atoms with Crippen molar-refractivity contribution in [3.05, 3.63) is 84.1 Å². The maximum atomic E-state index is 11.5. The SMILES string of the molecule is COC(=O)/C=C(/C=C(\S)c1ccccc1)Nc1ccccc1. The average molecular weight is 311 g/mol. The first-order valence-electron chi connectivity index (χ1n) is 6.77. The zero-order chi connectivity index (χ0) is 15.8. The predicted octanol–water partition coefficient (Wildman–Crippen LogP) is 4.13. The first-order chi connectivity index (χ1) is 10.7. The van der Waals surface area contributed by atoms with Gasteiger partial charge in [-0.1, -0.05) is 48.5 Å². The Labute approximate surface area is 135 Å². The Hall–Kier alpha value is -2.46. The average Bonchev–Trinajstić information content (AvgIpc) is 2.56. The van der Waals surface area contributed by atoms with E-state index >= 15 is 0 Å². The van der Waals surface area contributed by atoms with Gasteiger partial charge in [-0.3, -0.25) is 0 Å². The van der Waals surface area contributed by atoms with Crippen molar-refractivity contribution in [3.63, 3.8) is 0 Å². The fraction of sp³-hybridized carbons (Fsp3) is 0.0556. The molecule has 112 valence electrons. The lowest BCUT2D eigenvalue weighted by Gasteiger charge is -2.09. The quantitative estimate of drug-likeness (QED) is 0.377. The first-order valence-corrected chi connectivity index (χ1v) is 7.21. The summed E-state index contributed by atoms with van der Waals surface area (Å²) in [6, 6.07) is 19.3. The lowest BCUT2D eigenvalue weighted by molar-refractivity contribution is -0.134. The summed E-state index contributed by atoms with van der Waals surface area (Å²) >= 11 is 4.51. The number of methoxy groups -OCH3 is 1. The lowest BCUT2D eigenvalue weighted by Crippen LogP contribution is -2.03. The molecule has 0 radical (unpaired) electrons. The van der Waals surface area contributed by atoms with Gasteiger partial charge in [0.25, 0.3) is 0 Å². The van der Waals surface area contributed by atoms with Crippen molar-refractivity contribution in [2.45, 2.75) is 0 Å². The Morgan fingerprint density at radius 2 is 1.59 bits per heavy atom. The van der Waals surface area contributed by atoms with Gasteiger partial charge >= 0.3 is 5.97 Å². The summed E-state index contributed by atoms with van der Waals surface area (Å²) in [5.74, 6) is -0.427. The highest BCUT2D eigenvalue weighted by Gasteiger charge is 2.03. The second-order valence-electron chi connectivity index (χ2n) is 4.51. The highest BCUT2D eigenvalue weighted by Crippen LogP contribution is 2.21. The molecule has 0 unspecified atom stereocenters. The smallest absolute Gasteiger partial charge is 0.332 e. The number of allylic oxidation sites excluding steroid dienone is 1. The molecular formula is C18H17NO2S. The van der Waals surface area contributed by atoms with Gasteiger partial charge in [-0.15, -0.1) is 12.6 Å². The second kappa shape index (κ2) is 8.10. The van der Waals surface area contributed by atoms with E-state index in [1.165, 1.54) is 13.2 Å². The Balaban J connectivity index is 2.29. The fourth-order valence-electron chi connectivity index (χ4n) is 1.83. The Kier molecular flexibility index (Phi) is 5.86. The summed E-state index contributed by atoms with van der Waals surface area (Å²) in [5, 5.41) is 3.18. The maximum Gasteiger partial charge on any atom is 0.332 e. The molecule has 0 heterocycles. The van der Waals surface area contributed by atoms with Crippen molar-refractivity contribution < 1.29 is 9.53 Å². The molecule has 0 fully saturated rings. The van der Waals surface area contributed by atoms with E-state index in [0.717, 1.165) is 16.2 Å². The number of carbonyl (C=O) groups is 1. The van der Waals surface area contributed by atoms with Crippen molar-refractivity contribution in [3.8, 4) is 0 Å². The van der Waals surface area contributed by atoms with E-state index in [2.05, 4.69) is 17.9 Å². The molecule has 4 heteroatoms. The van der Waals surface area contributed by atoms with Crippen molar-refractivity contribution in [1.29, 1.82) is 0 Å². The fourth-order valence-corrected chi connectivity index (χ4v) is 2.12. The van der Waals surface area contributed by atoms with Crippen molar-refractivity contribution in [2.75, 3.05) is 12.4 Å². The zero-order valence-corrected chi connectivity index (χ0v) is 13.1. The van der Waals surface area contributed by atoms with E-state index < -0.39 is 5.97 Å². The highest BCUT2D eigenvalue weighted by molar-refractivity contribution is 7.90. The molecule has 0 aliphatic carbocycles. The summed E-state index contributed by atoms with van der Waals surface area (Å²) < 4.78 is 4.70. The van der Waals surface area contributed by atoms with Crippen LogP contribution in [-0.2, 0) is 9.53 Å². The standard InChI is InChI=1S/C18H17NO2S/c1-21-18(20)13-16(19-15-10-6-3-7-11-15)12-17(22)14-8-4-2-5-9-14/h2-13,19,22H,1H3/b16-13-,17-12-. The number of anilines is 1. The molecule has 0 atom stereocenters. The molecule has 0 aromatic heterocycles. The summed E-state index contributed by atoms with van der Waals surface area (Å²) in [6.45, 7) is 0. The molecule has 0 saturated heterocycles. The van der Waals surface area contributed by atoms with E-state index in [9.17, 15) is 4.79 Å². The summed E-state index contributed by atoms with van der Waals surface area (Å²) in [7, 11) is 1.35. The van der Waals surface area contributed by atoms with E-state index in [0.29, 0.717) is 5.70 Å². The number of benzene rings is 2. The van der Waals surface area contributed by atoms with E-state index in [-0.39, 0.29) is 0 Å². The zero-order valence-electron chi connectivity index (χ0n) is 12.2. The summed E-state index contributed by atoms with van der Waals surface area (Å²) in [6.07, 6.45) is 3.19. The van der Waals surface area contributed by atoms with Crippen LogP contribution in [0.4, 0.5) is 5.69 Å². The Morgan fingerprint density at radius 1 is 1.00 bits per heavy atom. The Morgan fingerprint density at radius 3 is 2.18 bits per heavy atom. The third kappa shape index (κ3) is 4.82. The van der Waals surface area contributed by atoms with Gasteiger partial charge in [0, 0.05) is 22.4 Å². The van der Waals surface area contributed by atoms with Crippen LogP contribution in [0.1, 0.15) is 5.56 Å². The number of esters is 1. The molecule has 2 rings (SSSR count). The molecule has 0 spiro atoms. The number of para-hydroxylation sites is 1. The highest BCUT2D eigenvalue weighted by atomic mass is 32.1. The largest absolute Gasteiger partial charge is 0.466 e.